The SMILES string of the molecule is Cc1nccn1CCCN(C)Cc1nc(CC(C)C)no1. The predicted octanol–water partition coefficient (Wildman–Crippen LogP) is 2.30. The van der Waals surface area contributed by atoms with Gasteiger partial charge in [0, 0.05) is 31.9 Å². The second kappa shape index (κ2) is 7.36. The third kappa shape index (κ3) is 4.97. The van der Waals surface area contributed by atoms with E-state index in [-0.39, 0.29) is 0 Å². The van der Waals surface area contributed by atoms with Gasteiger partial charge in [-0.05, 0) is 26.3 Å². The van der Waals surface area contributed by atoms with Crippen molar-refractivity contribution >= 4 is 0 Å². The van der Waals surface area contributed by atoms with Crippen LogP contribution in [0.25, 0.3) is 0 Å². The van der Waals surface area contributed by atoms with Gasteiger partial charge in [0.05, 0.1) is 6.54 Å². The predicted molar refractivity (Wildman–Crippen MR) is 80.8 cm³/mol. The van der Waals surface area contributed by atoms with Gasteiger partial charge in [-0.15, -0.1) is 0 Å². The van der Waals surface area contributed by atoms with Crippen LogP contribution in [0, 0.1) is 12.8 Å². The zero-order chi connectivity index (χ0) is 15.2. The van der Waals surface area contributed by atoms with E-state index in [1.54, 1.807) is 0 Å². The largest absolute Gasteiger partial charge is 0.338 e. The number of nitrogens with zero attached hydrogens (tertiary/aromatic N) is 5. The molecule has 0 aliphatic rings. The van der Waals surface area contributed by atoms with Gasteiger partial charge in [0.2, 0.25) is 5.89 Å². The molecule has 116 valence electrons. The van der Waals surface area contributed by atoms with E-state index in [2.05, 4.69) is 45.5 Å². The monoisotopic (exact) mass is 291 g/mol. The average molecular weight is 291 g/mol. The number of aromatic nitrogens is 4. The average Bonchev–Trinajstić information content (AvgIpc) is 2.99. The third-order valence-corrected chi connectivity index (χ3v) is 3.37. The summed E-state index contributed by atoms with van der Waals surface area (Å²) in [7, 11) is 2.08. The first-order valence-electron chi connectivity index (χ1n) is 7.52. The molecule has 0 N–H and O–H groups in total. The van der Waals surface area contributed by atoms with E-state index in [1.165, 1.54) is 0 Å². The van der Waals surface area contributed by atoms with Crippen LogP contribution >= 0.6 is 0 Å². The lowest BCUT2D eigenvalue weighted by atomic mass is 10.1. The molecule has 2 heterocycles. The number of hydrogen-bond acceptors (Lipinski definition) is 5. The second-order valence-corrected chi connectivity index (χ2v) is 5.96. The van der Waals surface area contributed by atoms with Crippen molar-refractivity contribution in [2.45, 2.75) is 46.7 Å². The van der Waals surface area contributed by atoms with Crippen molar-refractivity contribution in [3.8, 4) is 0 Å². The minimum atomic E-state index is 0.548. The molecule has 6 heteroatoms. The van der Waals surface area contributed by atoms with Gasteiger partial charge in [0.15, 0.2) is 5.82 Å². The van der Waals surface area contributed by atoms with Crippen molar-refractivity contribution in [3.05, 3.63) is 29.9 Å². The highest BCUT2D eigenvalue weighted by Gasteiger charge is 2.10. The van der Waals surface area contributed by atoms with E-state index in [0.29, 0.717) is 18.4 Å². The minimum Gasteiger partial charge on any atom is -0.338 e. The van der Waals surface area contributed by atoms with Crippen LogP contribution in [0.15, 0.2) is 16.9 Å². The Labute approximate surface area is 126 Å². The maximum Gasteiger partial charge on any atom is 0.240 e. The Kier molecular flexibility index (Phi) is 5.50. The second-order valence-electron chi connectivity index (χ2n) is 5.96. The lowest BCUT2D eigenvalue weighted by Gasteiger charge is -2.14. The molecule has 0 fully saturated rings. The van der Waals surface area contributed by atoms with E-state index in [4.69, 9.17) is 4.52 Å². The quantitative estimate of drug-likeness (QED) is 0.747. The number of hydrogen-bond donors (Lipinski definition) is 0. The van der Waals surface area contributed by atoms with E-state index < -0.39 is 0 Å². The summed E-state index contributed by atoms with van der Waals surface area (Å²) in [5, 5.41) is 4.02. The molecule has 0 saturated carbocycles. The van der Waals surface area contributed by atoms with Crippen molar-refractivity contribution in [2.75, 3.05) is 13.6 Å². The van der Waals surface area contributed by atoms with Gasteiger partial charge < -0.3 is 9.09 Å². The molecule has 2 aromatic heterocycles. The maximum absolute atomic E-state index is 5.29. The fourth-order valence-electron chi connectivity index (χ4n) is 2.26. The lowest BCUT2D eigenvalue weighted by Crippen LogP contribution is -2.20. The molecular formula is C15H25N5O. The summed E-state index contributed by atoms with van der Waals surface area (Å²) in [5.74, 6) is 3.12. The van der Waals surface area contributed by atoms with E-state index in [0.717, 1.165) is 37.6 Å². The molecule has 0 atom stereocenters. The van der Waals surface area contributed by atoms with Crippen molar-refractivity contribution < 1.29 is 4.52 Å². The molecule has 0 saturated heterocycles. The Morgan fingerprint density at radius 3 is 2.86 bits per heavy atom. The normalized spacial score (nSPS) is 11.7. The number of imidazole rings is 1. The summed E-state index contributed by atoms with van der Waals surface area (Å²) >= 11 is 0. The Bertz CT molecular complexity index is 546. The summed E-state index contributed by atoms with van der Waals surface area (Å²) < 4.78 is 7.46. The van der Waals surface area contributed by atoms with Gasteiger partial charge in [-0.3, -0.25) is 4.90 Å². The lowest BCUT2D eigenvalue weighted by molar-refractivity contribution is 0.260. The van der Waals surface area contributed by atoms with E-state index in [9.17, 15) is 0 Å². The summed E-state index contributed by atoms with van der Waals surface area (Å²) in [4.78, 5) is 10.9. The van der Waals surface area contributed by atoms with Crippen LogP contribution in [0.2, 0.25) is 0 Å². The zero-order valence-corrected chi connectivity index (χ0v) is 13.4. The number of rotatable bonds is 8. The topological polar surface area (TPSA) is 60.0 Å². The van der Waals surface area contributed by atoms with Crippen LogP contribution in [0.3, 0.4) is 0 Å². The molecule has 0 aromatic carbocycles. The Morgan fingerprint density at radius 2 is 2.19 bits per heavy atom. The molecule has 0 bridgehead atoms. The van der Waals surface area contributed by atoms with Gasteiger partial charge in [0.25, 0.3) is 0 Å². The summed E-state index contributed by atoms with van der Waals surface area (Å²) in [6.07, 6.45) is 5.80. The van der Waals surface area contributed by atoms with Crippen molar-refractivity contribution in [1.82, 2.24) is 24.6 Å². The fourth-order valence-corrected chi connectivity index (χ4v) is 2.26. The van der Waals surface area contributed by atoms with Gasteiger partial charge >= 0.3 is 0 Å². The molecule has 0 spiro atoms. The van der Waals surface area contributed by atoms with Gasteiger partial charge in [0.1, 0.15) is 5.82 Å². The molecule has 0 radical (unpaired) electrons. The highest BCUT2D eigenvalue weighted by Crippen LogP contribution is 2.07. The maximum atomic E-state index is 5.29. The van der Waals surface area contributed by atoms with Crippen LogP contribution in [-0.2, 0) is 19.5 Å². The molecule has 0 aliphatic heterocycles. The summed E-state index contributed by atoms with van der Waals surface area (Å²) in [5.41, 5.74) is 0. The molecular weight excluding hydrogens is 266 g/mol. The van der Waals surface area contributed by atoms with Crippen LogP contribution in [-0.4, -0.2) is 38.2 Å². The third-order valence-electron chi connectivity index (χ3n) is 3.37. The molecule has 2 aromatic rings. The first-order valence-corrected chi connectivity index (χ1v) is 7.52. The number of aryl methyl sites for hydroxylation is 2. The first kappa shape index (κ1) is 15.7. The molecule has 0 amide bonds. The fraction of sp³-hybridized carbons (Fsp3) is 0.667. The Hall–Kier alpha value is -1.69. The highest BCUT2D eigenvalue weighted by atomic mass is 16.5. The zero-order valence-electron chi connectivity index (χ0n) is 13.4. The summed E-state index contributed by atoms with van der Waals surface area (Å²) in [6, 6.07) is 0. The highest BCUT2D eigenvalue weighted by molar-refractivity contribution is 4.89. The van der Waals surface area contributed by atoms with Crippen LogP contribution in [0.4, 0.5) is 0 Å². The van der Waals surface area contributed by atoms with Crippen molar-refractivity contribution in [2.24, 2.45) is 5.92 Å². The molecule has 21 heavy (non-hydrogen) atoms. The smallest absolute Gasteiger partial charge is 0.240 e. The molecule has 6 nitrogen and oxygen atoms in total. The van der Waals surface area contributed by atoms with E-state index >= 15 is 0 Å². The van der Waals surface area contributed by atoms with Crippen LogP contribution < -0.4 is 0 Å². The Balaban J connectivity index is 1.72. The van der Waals surface area contributed by atoms with Crippen LogP contribution in [0.5, 0.6) is 0 Å². The first-order chi connectivity index (χ1) is 10.0. The van der Waals surface area contributed by atoms with Gasteiger partial charge in [-0.25, -0.2) is 4.98 Å². The minimum absolute atomic E-state index is 0.548. The summed E-state index contributed by atoms with van der Waals surface area (Å²) in [6.45, 7) is 9.00. The standard InChI is InChI=1S/C15H25N5O/c1-12(2)10-14-17-15(21-18-14)11-19(4)7-5-8-20-9-6-16-13(20)3/h6,9,12H,5,7-8,10-11H2,1-4H3. The van der Waals surface area contributed by atoms with Crippen molar-refractivity contribution in [3.63, 3.8) is 0 Å². The Morgan fingerprint density at radius 1 is 1.38 bits per heavy atom. The van der Waals surface area contributed by atoms with Crippen LogP contribution in [0.1, 0.15) is 37.8 Å². The van der Waals surface area contributed by atoms with Gasteiger partial charge in [-0.2, -0.15) is 4.98 Å². The van der Waals surface area contributed by atoms with Crippen molar-refractivity contribution in [1.29, 1.82) is 0 Å². The van der Waals surface area contributed by atoms with Gasteiger partial charge in [-0.1, -0.05) is 19.0 Å². The molecule has 0 unspecified atom stereocenters. The van der Waals surface area contributed by atoms with E-state index in [1.807, 2.05) is 19.3 Å². The molecule has 2 rings (SSSR count). The molecule has 0 aliphatic carbocycles.